The van der Waals surface area contributed by atoms with Gasteiger partial charge in [-0.15, -0.1) is 0 Å². The van der Waals surface area contributed by atoms with Gasteiger partial charge in [0.15, 0.2) is 0 Å². The van der Waals surface area contributed by atoms with E-state index in [1.54, 1.807) is 6.07 Å². The third-order valence-corrected chi connectivity index (χ3v) is 4.67. The van der Waals surface area contributed by atoms with Crippen LogP contribution in [0, 0.1) is 0 Å². The minimum atomic E-state index is -0.0519. The molecule has 0 unspecified atom stereocenters. The number of piperidine rings is 1. The second kappa shape index (κ2) is 5.83. The number of nitrogens with two attached hydrogens (primary N) is 1. The van der Waals surface area contributed by atoms with Crippen LogP contribution in [0.4, 0.5) is 11.8 Å². The lowest BCUT2D eigenvalue weighted by Crippen LogP contribution is -2.37. The highest BCUT2D eigenvalue weighted by molar-refractivity contribution is 6.29. The van der Waals surface area contributed by atoms with Gasteiger partial charge in [-0.05, 0) is 25.0 Å². The third kappa shape index (κ3) is 2.60. The Kier molecular flexibility index (Phi) is 3.65. The molecule has 1 aliphatic rings. The molecule has 24 heavy (non-hydrogen) atoms. The number of rotatable bonds is 2. The summed E-state index contributed by atoms with van der Waals surface area (Å²) in [5, 5.41) is 0.340. The van der Waals surface area contributed by atoms with E-state index in [1.807, 2.05) is 28.8 Å². The van der Waals surface area contributed by atoms with Crippen molar-refractivity contribution in [3.05, 3.63) is 46.0 Å². The fourth-order valence-corrected chi connectivity index (χ4v) is 3.56. The van der Waals surface area contributed by atoms with Gasteiger partial charge in [-0.3, -0.25) is 4.57 Å². The third-order valence-electron chi connectivity index (χ3n) is 4.48. The van der Waals surface area contributed by atoms with Crippen molar-refractivity contribution >= 4 is 34.4 Å². The van der Waals surface area contributed by atoms with Crippen molar-refractivity contribution in [3.63, 3.8) is 0 Å². The molecule has 1 saturated heterocycles. The Bertz CT molecular complexity index is 921. The van der Waals surface area contributed by atoms with Crippen molar-refractivity contribution in [2.45, 2.75) is 18.9 Å². The van der Waals surface area contributed by atoms with Gasteiger partial charge in [0.1, 0.15) is 11.0 Å². The molecule has 3 aromatic rings. The smallest absolute Gasteiger partial charge is 0.326 e. The van der Waals surface area contributed by atoms with Gasteiger partial charge in [-0.1, -0.05) is 23.7 Å². The first-order valence-corrected chi connectivity index (χ1v) is 8.24. The lowest BCUT2D eigenvalue weighted by atomic mass is 10.0. The minimum Gasteiger partial charge on any atom is -0.368 e. The monoisotopic (exact) mass is 344 g/mol. The minimum absolute atomic E-state index is 0.0519. The molecule has 2 aromatic heterocycles. The lowest BCUT2D eigenvalue weighted by Gasteiger charge is -2.33. The predicted molar refractivity (Wildman–Crippen MR) is 94.5 cm³/mol. The molecule has 1 aromatic carbocycles. The summed E-state index contributed by atoms with van der Waals surface area (Å²) < 4.78 is 1.87. The van der Waals surface area contributed by atoms with Gasteiger partial charge in [0, 0.05) is 25.2 Å². The number of imidazole rings is 1. The summed E-state index contributed by atoms with van der Waals surface area (Å²) in [5.41, 5.74) is 7.45. The summed E-state index contributed by atoms with van der Waals surface area (Å²) in [7, 11) is 0. The number of benzene rings is 1. The number of H-pyrrole nitrogens is 1. The molecule has 0 saturated carbocycles. The fourth-order valence-electron chi connectivity index (χ4n) is 3.37. The highest BCUT2D eigenvalue weighted by Gasteiger charge is 2.24. The van der Waals surface area contributed by atoms with Gasteiger partial charge in [0.2, 0.25) is 5.95 Å². The molecule has 7 nitrogen and oxygen atoms in total. The predicted octanol–water partition coefficient (Wildman–Crippen LogP) is 2.20. The molecular weight excluding hydrogens is 328 g/mol. The maximum Gasteiger partial charge on any atom is 0.326 e. The fraction of sp³-hybridized carbons (Fsp3) is 0.312. The van der Waals surface area contributed by atoms with E-state index >= 15 is 0 Å². The number of fused-ring (bicyclic) bond motifs is 1. The second-order valence-corrected chi connectivity index (χ2v) is 6.33. The van der Waals surface area contributed by atoms with E-state index in [0.29, 0.717) is 5.15 Å². The van der Waals surface area contributed by atoms with Crippen molar-refractivity contribution in [2.75, 3.05) is 23.7 Å². The van der Waals surface area contributed by atoms with E-state index in [-0.39, 0.29) is 17.7 Å². The Morgan fingerprint density at radius 3 is 2.71 bits per heavy atom. The van der Waals surface area contributed by atoms with Crippen molar-refractivity contribution in [1.29, 1.82) is 0 Å². The van der Waals surface area contributed by atoms with Crippen LogP contribution in [0.25, 0.3) is 11.0 Å². The molecule has 124 valence electrons. The molecule has 0 radical (unpaired) electrons. The highest BCUT2D eigenvalue weighted by Crippen LogP contribution is 2.28. The van der Waals surface area contributed by atoms with E-state index < -0.39 is 0 Å². The molecule has 0 bridgehead atoms. The van der Waals surface area contributed by atoms with Crippen molar-refractivity contribution in [1.82, 2.24) is 19.5 Å². The molecule has 4 rings (SSSR count). The SMILES string of the molecule is Nc1nc(Cl)cc(N2CCC(n3c(=O)[nH]c4ccccc43)CC2)n1. The van der Waals surface area contributed by atoms with Gasteiger partial charge in [0.05, 0.1) is 11.0 Å². The van der Waals surface area contributed by atoms with Crippen LogP contribution in [0.2, 0.25) is 5.15 Å². The highest BCUT2D eigenvalue weighted by atomic mass is 35.5. The number of anilines is 2. The first-order chi connectivity index (χ1) is 11.6. The summed E-state index contributed by atoms with van der Waals surface area (Å²) >= 11 is 5.96. The van der Waals surface area contributed by atoms with Crippen LogP contribution in [0.3, 0.4) is 0 Å². The molecule has 0 aliphatic carbocycles. The molecule has 0 atom stereocenters. The van der Waals surface area contributed by atoms with E-state index in [2.05, 4.69) is 19.9 Å². The summed E-state index contributed by atoms with van der Waals surface area (Å²) in [6.07, 6.45) is 1.70. The molecule has 0 amide bonds. The number of hydrogen-bond acceptors (Lipinski definition) is 5. The number of para-hydroxylation sites is 2. The average molecular weight is 345 g/mol. The van der Waals surface area contributed by atoms with Crippen LogP contribution in [0.1, 0.15) is 18.9 Å². The second-order valence-electron chi connectivity index (χ2n) is 5.94. The topological polar surface area (TPSA) is 92.8 Å². The maximum atomic E-state index is 12.3. The van der Waals surface area contributed by atoms with E-state index in [0.717, 1.165) is 42.8 Å². The largest absolute Gasteiger partial charge is 0.368 e. The van der Waals surface area contributed by atoms with E-state index in [4.69, 9.17) is 17.3 Å². The Morgan fingerprint density at radius 2 is 1.96 bits per heavy atom. The molecule has 1 aliphatic heterocycles. The number of nitrogen functional groups attached to an aromatic ring is 1. The van der Waals surface area contributed by atoms with E-state index in [9.17, 15) is 4.79 Å². The van der Waals surface area contributed by atoms with Gasteiger partial charge in [-0.2, -0.15) is 4.98 Å². The van der Waals surface area contributed by atoms with Crippen LogP contribution in [0.5, 0.6) is 0 Å². The van der Waals surface area contributed by atoms with Gasteiger partial charge >= 0.3 is 5.69 Å². The van der Waals surface area contributed by atoms with Crippen LogP contribution in [-0.4, -0.2) is 32.6 Å². The first kappa shape index (κ1) is 15.0. The summed E-state index contributed by atoms with van der Waals surface area (Å²) in [6.45, 7) is 1.56. The molecule has 0 spiro atoms. The van der Waals surface area contributed by atoms with Crippen LogP contribution in [-0.2, 0) is 0 Å². The molecule has 8 heteroatoms. The quantitative estimate of drug-likeness (QED) is 0.695. The molecular formula is C16H17ClN6O. The molecule has 3 heterocycles. The van der Waals surface area contributed by atoms with Gasteiger partial charge < -0.3 is 15.6 Å². The Hall–Kier alpha value is -2.54. The zero-order chi connectivity index (χ0) is 16.7. The van der Waals surface area contributed by atoms with Crippen LogP contribution < -0.4 is 16.3 Å². The van der Waals surface area contributed by atoms with Crippen molar-refractivity contribution in [3.8, 4) is 0 Å². The van der Waals surface area contributed by atoms with Crippen molar-refractivity contribution < 1.29 is 0 Å². The van der Waals surface area contributed by atoms with Gasteiger partial charge in [-0.25, -0.2) is 9.78 Å². The Balaban J connectivity index is 1.57. The van der Waals surface area contributed by atoms with Crippen LogP contribution in [0.15, 0.2) is 35.1 Å². The first-order valence-electron chi connectivity index (χ1n) is 7.86. The Labute approximate surface area is 143 Å². The maximum absolute atomic E-state index is 12.3. The number of aromatic nitrogens is 4. The average Bonchev–Trinajstić information content (AvgIpc) is 2.90. The van der Waals surface area contributed by atoms with E-state index in [1.165, 1.54) is 0 Å². The summed E-state index contributed by atoms with van der Waals surface area (Å²) in [5.74, 6) is 0.907. The summed E-state index contributed by atoms with van der Waals surface area (Å²) in [6, 6.07) is 9.66. The van der Waals surface area contributed by atoms with Crippen LogP contribution >= 0.6 is 11.6 Å². The zero-order valence-corrected chi connectivity index (χ0v) is 13.7. The number of nitrogens with one attached hydrogen (secondary N) is 1. The lowest BCUT2D eigenvalue weighted by molar-refractivity contribution is 0.395. The molecule has 1 fully saturated rings. The standard InChI is InChI=1S/C16H17ClN6O/c17-13-9-14(21-15(18)20-13)22-7-5-10(6-8-22)23-12-4-2-1-3-11(12)19-16(23)24/h1-4,9-10H,5-8H2,(H,19,24)(H2,18,20,21). The number of nitrogens with zero attached hydrogens (tertiary/aromatic N) is 4. The van der Waals surface area contributed by atoms with Crippen molar-refractivity contribution in [2.24, 2.45) is 0 Å². The number of halogens is 1. The zero-order valence-electron chi connectivity index (χ0n) is 12.9. The summed E-state index contributed by atoms with van der Waals surface area (Å²) in [4.78, 5) is 25.5. The van der Waals surface area contributed by atoms with Gasteiger partial charge in [0.25, 0.3) is 0 Å². The number of aromatic amines is 1. The Morgan fingerprint density at radius 1 is 1.21 bits per heavy atom. The normalized spacial score (nSPS) is 16.0. The molecule has 3 N–H and O–H groups in total. The number of hydrogen-bond donors (Lipinski definition) is 2.